The van der Waals surface area contributed by atoms with E-state index in [9.17, 15) is 0 Å². The smallest absolute Gasteiger partial charge is 0.0305 e. The summed E-state index contributed by atoms with van der Waals surface area (Å²) >= 11 is 0. The molecule has 0 fully saturated rings. The molecule has 132 valence electrons. The molecular formula is C22H44. The van der Waals surface area contributed by atoms with Gasteiger partial charge in [-0.1, -0.05) is 105 Å². The van der Waals surface area contributed by atoms with Crippen molar-refractivity contribution < 1.29 is 0 Å². The first-order valence-electron chi connectivity index (χ1n) is 9.36. The van der Waals surface area contributed by atoms with Gasteiger partial charge in [0.15, 0.2) is 0 Å². The molecule has 0 heterocycles. The second-order valence-corrected chi connectivity index (χ2v) is 6.52. The van der Waals surface area contributed by atoms with Crippen molar-refractivity contribution in [2.75, 3.05) is 0 Å². The lowest BCUT2D eigenvalue weighted by Crippen LogP contribution is -1.86. The third kappa shape index (κ3) is 24.3. The Morgan fingerprint density at radius 3 is 1.32 bits per heavy atom. The first kappa shape index (κ1) is 26.1. The molecule has 0 nitrogen and oxygen atoms in total. The maximum atomic E-state index is 2.26. The minimum atomic E-state index is 0.833. The normalized spacial score (nSPS) is 8.86. The predicted octanol–water partition coefficient (Wildman–Crippen LogP) is 8.14. The molecule has 0 saturated carbocycles. The van der Waals surface area contributed by atoms with Crippen LogP contribution in [0.4, 0.5) is 0 Å². The lowest BCUT2D eigenvalue weighted by Gasteiger charge is -2.02. The predicted molar refractivity (Wildman–Crippen MR) is 107 cm³/mol. The minimum absolute atomic E-state index is 0.833. The number of rotatable bonds is 3. The first-order chi connectivity index (χ1) is 10.3. The zero-order valence-electron chi connectivity index (χ0n) is 17.3. The van der Waals surface area contributed by atoms with Crippen LogP contribution in [-0.2, 0) is 6.42 Å². The van der Waals surface area contributed by atoms with Crippen LogP contribution in [0.25, 0.3) is 0 Å². The monoisotopic (exact) mass is 308 g/mol. The molecule has 0 unspecified atom stereocenters. The van der Waals surface area contributed by atoms with Gasteiger partial charge >= 0.3 is 0 Å². The fraction of sp³-hybridized carbons (Fsp3) is 0.727. The van der Waals surface area contributed by atoms with Crippen LogP contribution in [0.1, 0.15) is 97.8 Å². The van der Waals surface area contributed by atoms with E-state index in [-0.39, 0.29) is 0 Å². The molecule has 0 radical (unpaired) electrons. The van der Waals surface area contributed by atoms with E-state index < -0.39 is 0 Å². The average Bonchev–Trinajstić information content (AvgIpc) is 2.49. The molecule has 0 bridgehead atoms. The third-order valence-electron chi connectivity index (χ3n) is 2.89. The average molecular weight is 309 g/mol. The number of unbranched alkanes of at least 4 members (excludes halogenated alkanes) is 2. The topological polar surface area (TPSA) is 0 Å². The summed E-state index contributed by atoms with van der Waals surface area (Å²) in [5, 5.41) is 0. The van der Waals surface area contributed by atoms with Crippen LogP contribution in [0.3, 0.4) is 0 Å². The van der Waals surface area contributed by atoms with E-state index in [2.05, 4.69) is 87.4 Å². The Labute approximate surface area is 142 Å². The summed E-state index contributed by atoms with van der Waals surface area (Å²) in [6.07, 6.45) is 6.42. The Morgan fingerprint density at radius 2 is 1.09 bits per heavy atom. The first-order valence-corrected chi connectivity index (χ1v) is 9.36. The lowest BCUT2D eigenvalue weighted by atomic mass is 10.0. The molecule has 0 N–H and O–H groups in total. The zero-order chi connectivity index (χ0) is 18.0. The van der Waals surface area contributed by atoms with Crippen molar-refractivity contribution in [2.45, 2.75) is 101 Å². The molecule has 0 spiro atoms. The summed E-state index contributed by atoms with van der Waals surface area (Å²) < 4.78 is 0. The number of hydrogen-bond acceptors (Lipinski definition) is 0. The summed E-state index contributed by atoms with van der Waals surface area (Å²) in [5.74, 6) is 0.833. The molecule has 1 aromatic rings. The van der Waals surface area contributed by atoms with Crippen molar-refractivity contribution in [3.8, 4) is 0 Å². The molecule has 22 heavy (non-hydrogen) atoms. The van der Waals surface area contributed by atoms with Gasteiger partial charge < -0.3 is 0 Å². The summed E-state index contributed by atoms with van der Waals surface area (Å²) in [4.78, 5) is 0. The van der Waals surface area contributed by atoms with E-state index in [1.54, 1.807) is 0 Å². The molecule has 1 aromatic carbocycles. The van der Waals surface area contributed by atoms with E-state index in [4.69, 9.17) is 0 Å². The molecule has 0 aliphatic heterocycles. The SMILES string of the molecule is CC(C)C.CCCC.CCCC.CCc1cc(C)ccc1C. The zero-order valence-corrected chi connectivity index (χ0v) is 17.3. The van der Waals surface area contributed by atoms with Crippen LogP contribution in [0, 0.1) is 19.8 Å². The van der Waals surface area contributed by atoms with Gasteiger partial charge in [-0.05, 0) is 37.3 Å². The third-order valence-corrected chi connectivity index (χ3v) is 2.89. The van der Waals surface area contributed by atoms with Gasteiger partial charge in [-0.15, -0.1) is 0 Å². The van der Waals surface area contributed by atoms with Gasteiger partial charge in [-0.2, -0.15) is 0 Å². The Balaban J connectivity index is -0.000000253. The summed E-state index contributed by atoms with van der Waals surface area (Å²) in [7, 11) is 0. The maximum Gasteiger partial charge on any atom is -0.0305 e. The summed E-state index contributed by atoms with van der Waals surface area (Å²) in [5.41, 5.74) is 4.25. The number of benzene rings is 1. The van der Waals surface area contributed by atoms with E-state index in [0.29, 0.717) is 0 Å². The molecule has 0 amide bonds. The molecule has 1 rings (SSSR count). The summed E-state index contributed by atoms with van der Waals surface area (Å²) in [6, 6.07) is 6.61. The fourth-order valence-electron chi connectivity index (χ4n) is 1.18. The fourth-order valence-corrected chi connectivity index (χ4v) is 1.18. The molecule has 0 saturated heterocycles. The highest BCUT2D eigenvalue weighted by Gasteiger charge is 1.93. The second-order valence-electron chi connectivity index (χ2n) is 6.52. The largest absolute Gasteiger partial charge is 0.0654 e. The van der Waals surface area contributed by atoms with Crippen LogP contribution in [-0.4, -0.2) is 0 Å². The van der Waals surface area contributed by atoms with Gasteiger partial charge in [-0.25, -0.2) is 0 Å². The maximum absolute atomic E-state index is 2.26. The van der Waals surface area contributed by atoms with Crippen LogP contribution >= 0.6 is 0 Å². The van der Waals surface area contributed by atoms with E-state index in [1.165, 1.54) is 42.4 Å². The number of aryl methyl sites for hydroxylation is 3. The Bertz CT molecular complexity index is 299. The summed E-state index contributed by atoms with van der Waals surface area (Å²) in [6.45, 7) is 21.7. The Morgan fingerprint density at radius 1 is 0.727 bits per heavy atom. The quantitative estimate of drug-likeness (QED) is 0.528. The van der Waals surface area contributed by atoms with Crippen molar-refractivity contribution in [2.24, 2.45) is 5.92 Å². The molecule has 0 aliphatic rings. The van der Waals surface area contributed by atoms with Crippen molar-refractivity contribution in [3.05, 3.63) is 34.9 Å². The Hall–Kier alpha value is -0.780. The standard InChI is InChI=1S/C10H14.3C4H10/c1-4-10-7-8(2)5-6-9(10)3;1-4(2)3;2*1-3-4-2/h5-7H,4H2,1-3H3;4H,1-3H3;2*3-4H2,1-2H3. The van der Waals surface area contributed by atoms with Gasteiger partial charge in [0, 0.05) is 0 Å². The lowest BCUT2D eigenvalue weighted by molar-refractivity contribution is 0.737. The van der Waals surface area contributed by atoms with Crippen molar-refractivity contribution in [3.63, 3.8) is 0 Å². The van der Waals surface area contributed by atoms with Gasteiger partial charge in [0.05, 0.1) is 0 Å². The van der Waals surface area contributed by atoms with Gasteiger partial charge in [-0.3, -0.25) is 0 Å². The van der Waals surface area contributed by atoms with Crippen LogP contribution in [0.5, 0.6) is 0 Å². The highest BCUT2D eigenvalue weighted by molar-refractivity contribution is 5.30. The van der Waals surface area contributed by atoms with E-state index in [1.807, 2.05) is 0 Å². The molecule has 0 aliphatic carbocycles. The van der Waals surface area contributed by atoms with Gasteiger partial charge in [0.2, 0.25) is 0 Å². The highest BCUT2D eigenvalue weighted by atomic mass is 14.0. The molecule has 0 atom stereocenters. The van der Waals surface area contributed by atoms with Crippen LogP contribution in [0.2, 0.25) is 0 Å². The molecular weight excluding hydrogens is 264 g/mol. The van der Waals surface area contributed by atoms with Crippen molar-refractivity contribution >= 4 is 0 Å². The Kier molecular flexibility index (Phi) is 24.0. The second kappa shape index (κ2) is 20.2. The van der Waals surface area contributed by atoms with Crippen molar-refractivity contribution in [1.29, 1.82) is 0 Å². The minimum Gasteiger partial charge on any atom is -0.0654 e. The molecule has 0 heteroatoms. The molecule has 0 aromatic heterocycles. The van der Waals surface area contributed by atoms with E-state index in [0.717, 1.165) is 12.3 Å². The van der Waals surface area contributed by atoms with Crippen LogP contribution < -0.4 is 0 Å². The highest BCUT2D eigenvalue weighted by Crippen LogP contribution is 2.10. The van der Waals surface area contributed by atoms with Crippen LogP contribution in [0.15, 0.2) is 18.2 Å². The van der Waals surface area contributed by atoms with Gasteiger partial charge in [0.25, 0.3) is 0 Å². The van der Waals surface area contributed by atoms with E-state index >= 15 is 0 Å². The van der Waals surface area contributed by atoms with Gasteiger partial charge in [0.1, 0.15) is 0 Å². The number of hydrogen-bond donors (Lipinski definition) is 0. The van der Waals surface area contributed by atoms with Crippen molar-refractivity contribution in [1.82, 2.24) is 0 Å².